The molecule has 1 aliphatic rings. The van der Waals surface area contributed by atoms with Crippen molar-refractivity contribution in [3.8, 4) is 0 Å². The van der Waals surface area contributed by atoms with Gasteiger partial charge in [0.25, 0.3) is 0 Å². The smallest absolute Gasteiger partial charge is 0.209 e. The van der Waals surface area contributed by atoms with Gasteiger partial charge in [0.2, 0.25) is 5.89 Å². The first kappa shape index (κ1) is 12.4. The van der Waals surface area contributed by atoms with Crippen LogP contribution < -0.4 is 5.73 Å². The maximum atomic E-state index is 9.73. The number of fused-ring (bicyclic) bond motifs is 1. The van der Waals surface area contributed by atoms with Gasteiger partial charge in [-0.3, -0.25) is 4.90 Å². The summed E-state index contributed by atoms with van der Waals surface area (Å²) in [6.45, 7) is 4.52. The summed E-state index contributed by atoms with van der Waals surface area (Å²) in [6.07, 6.45) is 0.633. The predicted octanol–water partition coefficient (Wildman–Crippen LogP) is 1.61. The fourth-order valence-corrected chi connectivity index (χ4v) is 2.61. The van der Waals surface area contributed by atoms with Gasteiger partial charge in [-0.25, -0.2) is 4.98 Å². The molecule has 0 radical (unpaired) electrons. The number of nitrogens with two attached hydrogens (primary N) is 1. The zero-order valence-corrected chi connectivity index (χ0v) is 11.0. The molecule has 3 rings (SSSR count). The van der Waals surface area contributed by atoms with Crippen LogP contribution in [0.15, 0.2) is 22.6 Å². The maximum Gasteiger partial charge on any atom is 0.209 e. The van der Waals surface area contributed by atoms with Crippen LogP contribution in [0.1, 0.15) is 19.2 Å². The summed E-state index contributed by atoms with van der Waals surface area (Å²) in [5, 5.41) is 9.73. The second kappa shape index (κ2) is 4.83. The van der Waals surface area contributed by atoms with Gasteiger partial charge in [0.15, 0.2) is 5.58 Å². The number of nitrogen functional groups attached to an aromatic ring is 1. The molecular weight excluding hydrogens is 242 g/mol. The lowest BCUT2D eigenvalue weighted by Crippen LogP contribution is -2.41. The molecular formula is C14H19N3O2. The van der Waals surface area contributed by atoms with E-state index >= 15 is 0 Å². The molecule has 0 bridgehead atoms. The third kappa shape index (κ3) is 2.57. The highest BCUT2D eigenvalue weighted by Crippen LogP contribution is 2.22. The molecule has 1 aromatic carbocycles. The lowest BCUT2D eigenvalue weighted by atomic mass is 9.97. The fraction of sp³-hybridized carbons (Fsp3) is 0.500. The third-order valence-electron chi connectivity index (χ3n) is 3.76. The number of hydrogen-bond donors (Lipinski definition) is 2. The van der Waals surface area contributed by atoms with Gasteiger partial charge in [-0.15, -0.1) is 0 Å². The topological polar surface area (TPSA) is 75.5 Å². The molecule has 2 atom stereocenters. The molecule has 5 heteroatoms. The van der Waals surface area contributed by atoms with Gasteiger partial charge in [-0.1, -0.05) is 6.92 Å². The maximum absolute atomic E-state index is 9.73. The largest absolute Gasteiger partial charge is 0.439 e. The Bertz CT molecular complexity index is 581. The number of anilines is 1. The number of nitrogens with zero attached hydrogens (tertiary/aromatic N) is 2. The standard InChI is InChI=1S/C14H19N3O2/c1-9-7-17(5-4-12(9)18)8-14-16-11-6-10(15)2-3-13(11)19-14/h2-3,6,9,12,18H,4-5,7-8,15H2,1H3. The number of aromatic nitrogens is 1. The second-order valence-electron chi connectivity index (χ2n) is 5.40. The Balaban J connectivity index is 1.74. The highest BCUT2D eigenvalue weighted by molar-refractivity contribution is 5.76. The molecule has 3 N–H and O–H groups in total. The van der Waals surface area contributed by atoms with Crippen LogP contribution >= 0.6 is 0 Å². The molecule has 0 saturated carbocycles. The number of likely N-dealkylation sites (tertiary alicyclic amines) is 1. The van der Waals surface area contributed by atoms with Crippen molar-refractivity contribution in [2.75, 3.05) is 18.8 Å². The molecule has 102 valence electrons. The molecule has 5 nitrogen and oxygen atoms in total. The van der Waals surface area contributed by atoms with Crippen LogP contribution in [0.4, 0.5) is 5.69 Å². The van der Waals surface area contributed by atoms with Gasteiger partial charge in [0, 0.05) is 18.8 Å². The summed E-state index contributed by atoms with van der Waals surface area (Å²) >= 11 is 0. The fourth-order valence-electron chi connectivity index (χ4n) is 2.61. The summed E-state index contributed by atoms with van der Waals surface area (Å²) in [6, 6.07) is 5.49. The van der Waals surface area contributed by atoms with E-state index in [-0.39, 0.29) is 6.10 Å². The van der Waals surface area contributed by atoms with Crippen molar-refractivity contribution in [1.82, 2.24) is 9.88 Å². The van der Waals surface area contributed by atoms with E-state index in [0.717, 1.165) is 30.6 Å². The molecule has 0 amide bonds. The Labute approximate surface area is 112 Å². The minimum Gasteiger partial charge on any atom is -0.439 e. The average molecular weight is 261 g/mol. The number of benzene rings is 1. The van der Waals surface area contributed by atoms with E-state index in [4.69, 9.17) is 10.2 Å². The monoisotopic (exact) mass is 261 g/mol. The van der Waals surface area contributed by atoms with Gasteiger partial charge in [0.1, 0.15) is 5.52 Å². The van der Waals surface area contributed by atoms with E-state index in [9.17, 15) is 5.11 Å². The Hall–Kier alpha value is -1.59. The van der Waals surface area contributed by atoms with E-state index in [1.54, 1.807) is 0 Å². The summed E-state index contributed by atoms with van der Waals surface area (Å²) in [5.41, 5.74) is 8.01. The molecule has 1 aromatic heterocycles. The highest BCUT2D eigenvalue weighted by atomic mass is 16.3. The van der Waals surface area contributed by atoms with E-state index < -0.39 is 0 Å². The van der Waals surface area contributed by atoms with E-state index in [1.165, 1.54) is 0 Å². The van der Waals surface area contributed by atoms with Gasteiger partial charge in [-0.2, -0.15) is 0 Å². The first-order valence-electron chi connectivity index (χ1n) is 6.67. The molecule has 1 fully saturated rings. The Morgan fingerprint density at radius 2 is 2.37 bits per heavy atom. The lowest BCUT2D eigenvalue weighted by Gasteiger charge is -2.33. The van der Waals surface area contributed by atoms with Crippen molar-refractivity contribution in [3.05, 3.63) is 24.1 Å². The minimum atomic E-state index is -0.181. The lowest BCUT2D eigenvalue weighted by molar-refractivity contribution is 0.0291. The van der Waals surface area contributed by atoms with Crippen molar-refractivity contribution >= 4 is 16.8 Å². The van der Waals surface area contributed by atoms with Crippen molar-refractivity contribution < 1.29 is 9.52 Å². The first-order chi connectivity index (χ1) is 9.11. The Morgan fingerprint density at radius 1 is 1.53 bits per heavy atom. The zero-order valence-electron chi connectivity index (χ0n) is 11.0. The second-order valence-corrected chi connectivity index (χ2v) is 5.40. The molecule has 2 heterocycles. The van der Waals surface area contributed by atoms with E-state index in [1.807, 2.05) is 18.2 Å². The average Bonchev–Trinajstić information content (AvgIpc) is 2.75. The van der Waals surface area contributed by atoms with Crippen LogP contribution in [0.25, 0.3) is 11.1 Å². The number of hydrogen-bond acceptors (Lipinski definition) is 5. The zero-order chi connectivity index (χ0) is 13.4. The SMILES string of the molecule is CC1CN(Cc2nc3cc(N)ccc3o2)CCC1O. The van der Waals surface area contributed by atoms with E-state index in [0.29, 0.717) is 24.0 Å². The summed E-state index contributed by atoms with van der Waals surface area (Å²) < 4.78 is 5.72. The number of aliphatic hydroxyl groups is 1. The molecule has 0 spiro atoms. The molecule has 2 aromatic rings. The van der Waals surface area contributed by atoms with Crippen molar-refractivity contribution in [2.45, 2.75) is 26.0 Å². The van der Waals surface area contributed by atoms with Crippen LogP contribution in [0.3, 0.4) is 0 Å². The quantitative estimate of drug-likeness (QED) is 0.803. The Morgan fingerprint density at radius 3 is 3.16 bits per heavy atom. The van der Waals surface area contributed by atoms with Gasteiger partial charge in [-0.05, 0) is 30.5 Å². The van der Waals surface area contributed by atoms with Crippen LogP contribution in [0.2, 0.25) is 0 Å². The number of piperidine rings is 1. The van der Waals surface area contributed by atoms with E-state index in [2.05, 4.69) is 16.8 Å². The van der Waals surface area contributed by atoms with Gasteiger partial charge in [0.05, 0.1) is 12.6 Å². The van der Waals surface area contributed by atoms with Crippen LogP contribution in [0.5, 0.6) is 0 Å². The first-order valence-corrected chi connectivity index (χ1v) is 6.67. The third-order valence-corrected chi connectivity index (χ3v) is 3.76. The molecule has 1 aliphatic heterocycles. The van der Waals surface area contributed by atoms with Gasteiger partial charge < -0.3 is 15.3 Å². The van der Waals surface area contributed by atoms with Crippen LogP contribution in [-0.4, -0.2) is 34.2 Å². The number of oxazole rings is 1. The molecule has 0 aliphatic carbocycles. The van der Waals surface area contributed by atoms with Gasteiger partial charge >= 0.3 is 0 Å². The summed E-state index contributed by atoms with van der Waals surface area (Å²) in [4.78, 5) is 6.73. The highest BCUT2D eigenvalue weighted by Gasteiger charge is 2.25. The van der Waals surface area contributed by atoms with Crippen molar-refractivity contribution in [3.63, 3.8) is 0 Å². The van der Waals surface area contributed by atoms with Crippen molar-refractivity contribution in [1.29, 1.82) is 0 Å². The number of aliphatic hydroxyl groups excluding tert-OH is 1. The van der Waals surface area contributed by atoms with Crippen molar-refractivity contribution in [2.24, 2.45) is 5.92 Å². The minimum absolute atomic E-state index is 0.181. The van der Waals surface area contributed by atoms with Crippen LogP contribution in [0, 0.1) is 5.92 Å². The van der Waals surface area contributed by atoms with Crippen LogP contribution in [-0.2, 0) is 6.54 Å². The Kier molecular flexibility index (Phi) is 3.16. The summed E-state index contributed by atoms with van der Waals surface area (Å²) in [7, 11) is 0. The molecule has 19 heavy (non-hydrogen) atoms. The number of rotatable bonds is 2. The summed E-state index contributed by atoms with van der Waals surface area (Å²) in [5.74, 6) is 1.01. The normalized spacial score (nSPS) is 24.9. The molecule has 1 saturated heterocycles. The molecule has 2 unspecified atom stereocenters. The predicted molar refractivity (Wildman–Crippen MR) is 73.5 cm³/mol.